The van der Waals surface area contributed by atoms with Crippen molar-refractivity contribution in [3.05, 3.63) is 33.3 Å². The fourth-order valence-corrected chi connectivity index (χ4v) is 2.92. The van der Waals surface area contributed by atoms with Gasteiger partial charge in [-0.2, -0.15) is 0 Å². The normalized spacial score (nSPS) is 22.3. The van der Waals surface area contributed by atoms with E-state index in [1.54, 1.807) is 6.07 Å². The van der Waals surface area contributed by atoms with E-state index in [1.807, 2.05) is 0 Å². The Labute approximate surface area is 127 Å². The molecule has 0 amide bonds. The molecule has 7 heteroatoms. The molecule has 1 fully saturated rings. The number of carbonyl (C=O) groups is 1. The van der Waals surface area contributed by atoms with Crippen LogP contribution >= 0.6 is 11.6 Å². The van der Waals surface area contributed by atoms with Gasteiger partial charge in [-0.1, -0.05) is 30.9 Å². The fraction of sp³-hybridized carbons (Fsp3) is 0.500. The third-order valence-electron chi connectivity index (χ3n) is 3.83. The second-order valence-electron chi connectivity index (χ2n) is 5.25. The zero-order chi connectivity index (χ0) is 15.4. The number of halogens is 1. The van der Waals surface area contributed by atoms with E-state index >= 15 is 0 Å². The van der Waals surface area contributed by atoms with E-state index in [4.69, 9.17) is 11.6 Å². The molecule has 1 saturated carbocycles. The van der Waals surface area contributed by atoms with Crippen molar-refractivity contribution >= 4 is 28.9 Å². The fourth-order valence-electron chi connectivity index (χ4n) is 2.75. The number of rotatable bonds is 4. The second kappa shape index (κ2) is 6.76. The second-order valence-corrected chi connectivity index (χ2v) is 5.69. The van der Waals surface area contributed by atoms with Crippen molar-refractivity contribution < 1.29 is 14.8 Å². The highest BCUT2D eigenvalue weighted by molar-refractivity contribution is 6.30. The molecular formula is C14H17ClN2O4. The first kappa shape index (κ1) is 15.6. The number of nitrogens with zero attached hydrogens (tertiary/aromatic N) is 1. The van der Waals surface area contributed by atoms with Crippen molar-refractivity contribution in [2.24, 2.45) is 5.92 Å². The van der Waals surface area contributed by atoms with Gasteiger partial charge in [0.1, 0.15) is 5.69 Å². The monoisotopic (exact) mass is 312 g/mol. The third-order valence-corrected chi connectivity index (χ3v) is 4.07. The molecule has 0 radical (unpaired) electrons. The molecule has 0 aromatic heterocycles. The lowest BCUT2D eigenvalue weighted by Gasteiger charge is -2.23. The Balaban J connectivity index is 2.26. The van der Waals surface area contributed by atoms with Gasteiger partial charge >= 0.3 is 5.97 Å². The van der Waals surface area contributed by atoms with Crippen LogP contribution in [0.15, 0.2) is 18.2 Å². The van der Waals surface area contributed by atoms with E-state index < -0.39 is 16.8 Å². The Morgan fingerprint density at radius 2 is 2.05 bits per heavy atom. The van der Waals surface area contributed by atoms with Crippen molar-refractivity contribution in [1.82, 2.24) is 0 Å². The summed E-state index contributed by atoms with van der Waals surface area (Å²) in [6, 6.07) is 4.06. The van der Waals surface area contributed by atoms with Gasteiger partial charge in [-0.15, -0.1) is 0 Å². The smallest absolute Gasteiger partial charge is 0.308 e. The Morgan fingerprint density at radius 3 is 2.71 bits per heavy atom. The Hall–Kier alpha value is -1.82. The molecule has 2 rings (SSSR count). The Kier molecular flexibility index (Phi) is 5.01. The van der Waals surface area contributed by atoms with Crippen LogP contribution in [0.2, 0.25) is 5.02 Å². The molecule has 0 saturated heterocycles. The zero-order valence-corrected chi connectivity index (χ0v) is 12.2. The summed E-state index contributed by atoms with van der Waals surface area (Å²) in [5, 5.41) is 23.8. The summed E-state index contributed by atoms with van der Waals surface area (Å²) in [7, 11) is 0. The first-order chi connectivity index (χ1) is 9.99. The number of benzene rings is 1. The van der Waals surface area contributed by atoms with Crippen molar-refractivity contribution in [1.29, 1.82) is 0 Å². The topological polar surface area (TPSA) is 92.5 Å². The number of nitro benzene ring substituents is 1. The molecule has 1 aromatic carbocycles. The summed E-state index contributed by atoms with van der Waals surface area (Å²) < 4.78 is 0. The van der Waals surface area contributed by atoms with Crippen LogP contribution in [0.5, 0.6) is 0 Å². The van der Waals surface area contributed by atoms with Gasteiger partial charge < -0.3 is 10.4 Å². The lowest BCUT2D eigenvalue weighted by molar-refractivity contribution is -0.384. The van der Waals surface area contributed by atoms with Gasteiger partial charge in [0.05, 0.1) is 10.8 Å². The van der Waals surface area contributed by atoms with Gasteiger partial charge in [-0.3, -0.25) is 14.9 Å². The number of carboxylic acid groups (broad SMARTS) is 1. The van der Waals surface area contributed by atoms with Gasteiger partial charge in [-0.05, 0) is 25.0 Å². The third kappa shape index (κ3) is 3.85. The number of nitrogens with one attached hydrogen (secondary N) is 1. The van der Waals surface area contributed by atoms with E-state index in [-0.39, 0.29) is 16.8 Å². The molecule has 1 aliphatic rings. The van der Waals surface area contributed by atoms with Gasteiger partial charge in [0.2, 0.25) is 0 Å². The average molecular weight is 313 g/mol. The largest absolute Gasteiger partial charge is 0.481 e. The minimum atomic E-state index is -0.856. The molecule has 2 unspecified atom stereocenters. The van der Waals surface area contributed by atoms with E-state index in [9.17, 15) is 20.0 Å². The van der Waals surface area contributed by atoms with Gasteiger partial charge in [-0.25, -0.2) is 0 Å². The predicted octanol–water partition coefficient (Wildman–Crippen LogP) is 3.69. The van der Waals surface area contributed by atoms with Crippen LogP contribution in [0.1, 0.15) is 32.1 Å². The number of anilines is 1. The van der Waals surface area contributed by atoms with E-state index in [1.165, 1.54) is 12.1 Å². The summed E-state index contributed by atoms with van der Waals surface area (Å²) in [6.07, 6.45) is 4.07. The first-order valence-corrected chi connectivity index (χ1v) is 7.30. The molecule has 0 bridgehead atoms. The highest BCUT2D eigenvalue weighted by atomic mass is 35.5. The van der Waals surface area contributed by atoms with Crippen molar-refractivity contribution in [2.75, 3.05) is 5.32 Å². The highest BCUT2D eigenvalue weighted by Gasteiger charge is 2.30. The molecule has 6 nitrogen and oxygen atoms in total. The summed E-state index contributed by atoms with van der Waals surface area (Å²) >= 11 is 5.78. The van der Waals surface area contributed by atoms with Gasteiger partial charge in [0.25, 0.3) is 5.69 Å². The lowest BCUT2D eigenvalue weighted by atomic mass is 9.94. The maximum absolute atomic E-state index is 11.4. The van der Waals surface area contributed by atoms with Crippen LogP contribution < -0.4 is 5.32 Å². The standard InChI is InChI=1S/C14H17ClN2O4/c15-9-6-7-12(13(8-9)17(20)21)16-11-5-3-1-2-4-10(11)14(18)19/h6-8,10-11,16H,1-5H2,(H,18,19). The molecular weight excluding hydrogens is 296 g/mol. The molecule has 21 heavy (non-hydrogen) atoms. The number of hydrogen-bond donors (Lipinski definition) is 2. The van der Waals surface area contributed by atoms with Crippen LogP contribution in [0, 0.1) is 16.0 Å². The van der Waals surface area contributed by atoms with Crippen LogP contribution in [-0.4, -0.2) is 22.0 Å². The maximum Gasteiger partial charge on any atom is 0.308 e. The SMILES string of the molecule is O=C(O)C1CCCCCC1Nc1ccc(Cl)cc1[N+](=O)[O-]. The molecule has 0 heterocycles. The molecule has 0 aliphatic heterocycles. The number of aliphatic carboxylic acids is 1. The van der Waals surface area contributed by atoms with Crippen LogP contribution in [-0.2, 0) is 4.79 Å². The Bertz CT molecular complexity index is 550. The summed E-state index contributed by atoms with van der Waals surface area (Å²) in [6.45, 7) is 0. The van der Waals surface area contributed by atoms with E-state index in [2.05, 4.69) is 5.32 Å². The highest BCUT2D eigenvalue weighted by Crippen LogP contribution is 2.32. The number of hydrogen-bond acceptors (Lipinski definition) is 4. The molecule has 2 N–H and O–H groups in total. The molecule has 114 valence electrons. The number of nitro groups is 1. The first-order valence-electron chi connectivity index (χ1n) is 6.92. The van der Waals surface area contributed by atoms with Crippen molar-refractivity contribution in [3.63, 3.8) is 0 Å². The zero-order valence-electron chi connectivity index (χ0n) is 11.4. The molecule has 1 aliphatic carbocycles. The molecule has 2 atom stereocenters. The predicted molar refractivity (Wildman–Crippen MR) is 79.7 cm³/mol. The van der Waals surface area contributed by atoms with Crippen molar-refractivity contribution in [3.8, 4) is 0 Å². The van der Waals surface area contributed by atoms with Crippen LogP contribution in [0.4, 0.5) is 11.4 Å². The number of carboxylic acids is 1. The van der Waals surface area contributed by atoms with Crippen LogP contribution in [0.3, 0.4) is 0 Å². The van der Waals surface area contributed by atoms with Crippen molar-refractivity contribution in [2.45, 2.75) is 38.1 Å². The minimum absolute atomic E-state index is 0.129. The summed E-state index contributed by atoms with van der Waals surface area (Å²) in [5.74, 6) is -1.38. The van der Waals surface area contributed by atoms with E-state index in [0.717, 1.165) is 19.3 Å². The lowest BCUT2D eigenvalue weighted by Crippen LogP contribution is -2.33. The summed E-state index contributed by atoms with van der Waals surface area (Å²) in [4.78, 5) is 22.0. The minimum Gasteiger partial charge on any atom is -0.481 e. The molecule has 0 spiro atoms. The van der Waals surface area contributed by atoms with E-state index in [0.29, 0.717) is 18.5 Å². The average Bonchev–Trinajstić information content (AvgIpc) is 2.66. The quantitative estimate of drug-likeness (QED) is 0.502. The summed E-state index contributed by atoms with van der Waals surface area (Å²) in [5.41, 5.74) is 0.193. The van der Waals surface area contributed by atoms with Crippen LogP contribution in [0.25, 0.3) is 0 Å². The molecule has 1 aromatic rings. The maximum atomic E-state index is 11.4. The van der Waals surface area contributed by atoms with Gasteiger partial charge in [0.15, 0.2) is 0 Å². The Morgan fingerprint density at radius 1 is 1.33 bits per heavy atom. The van der Waals surface area contributed by atoms with Gasteiger partial charge in [0, 0.05) is 17.1 Å².